The normalized spacial score (nSPS) is 17.9. The summed E-state index contributed by atoms with van der Waals surface area (Å²) in [6.45, 7) is 1.82. The zero-order valence-corrected chi connectivity index (χ0v) is 20.4. The lowest BCUT2D eigenvalue weighted by molar-refractivity contribution is -0.134. The maximum Gasteiger partial charge on any atom is 0.275 e. The lowest BCUT2D eigenvalue weighted by atomic mass is 9.92. The quantitative estimate of drug-likeness (QED) is 0.412. The second kappa shape index (κ2) is 8.62. The average molecular weight is 514 g/mol. The molecule has 0 fully saturated rings. The zero-order chi connectivity index (χ0) is 26.6. The Balaban J connectivity index is 1.35. The minimum atomic E-state index is -1.26. The first-order valence-corrected chi connectivity index (χ1v) is 11.8. The number of carbonyl (C=O) groups is 2. The number of likely N-dealkylation sites (N-methyl/N-ethyl adjacent to an activating group) is 1. The molecule has 1 atom stereocenters. The highest BCUT2D eigenvalue weighted by atomic mass is 19.1. The number of carbonyl (C=O) groups excluding carboxylic acids is 2. The first kappa shape index (κ1) is 23.5. The molecule has 0 bridgehead atoms. The molecular formula is C28H21F2N5O3. The molecule has 190 valence electrons. The Bertz CT molecular complexity index is 1610. The fourth-order valence-electron chi connectivity index (χ4n) is 4.74. The van der Waals surface area contributed by atoms with E-state index < -0.39 is 23.1 Å². The number of halogens is 2. The summed E-state index contributed by atoms with van der Waals surface area (Å²) in [4.78, 5) is 35.8. The van der Waals surface area contributed by atoms with Crippen LogP contribution in [0.4, 0.5) is 26.0 Å². The SMILES string of the molecule is CN1C(=O)[C@@](C)(c2ccc(Nc3nc(-c4c(F)cccc4F)nc4c3C(=O)NC4)cc2)Oc2ccccc21. The van der Waals surface area contributed by atoms with Crippen LogP contribution in [0.3, 0.4) is 0 Å². The van der Waals surface area contributed by atoms with Crippen molar-refractivity contribution in [2.75, 3.05) is 17.3 Å². The van der Waals surface area contributed by atoms with Gasteiger partial charge in [0, 0.05) is 18.3 Å². The highest BCUT2D eigenvalue weighted by molar-refractivity contribution is 6.03. The van der Waals surface area contributed by atoms with Gasteiger partial charge in [-0.2, -0.15) is 0 Å². The van der Waals surface area contributed by atoms with E-state index in [1.54, 1.807) is 43.1 Å². The summed E-state index contributed by atoms with van der Waals surface area (Å²) < 4.78 is 35.1. The molecule has 0 saturated carbocycles. The highest BCUT2D eigenvalue weighted by Crippen LogP contribution is 2.41. The Hall–Kier alpha value is -4.86. The van der Waals surface area contributed by atoms with Crippen LogP contribution in [0.5, 0.6) is 5.75 Å². The van der Waals surface area contributed by atoms with Crippen molar-refractivity contribution in [2.24, 2.45) is 0 Å². The van der Waals surface area contributed by atoms with Crippen LogP contribution in [0.2, 0.25) is 0 Å². The third-order valence-corrected chi connectivity index (χ3v) is 6.77. The number of amides is 2. The summed E-state index contributed by atoms with van der Waals surface area (Å²) in [7, 11) is 1.70. The largest absolute Gasteiger partial charge is 0.471 e. The van der Waals surface area contributed by atoms with Crippen molar-refractivity contribution in [3.05, 3.63) is 95.2 Å². The lowest BCUT2D eigenvalue weighted by Crippen LogP contribution is -2.50. The highest BCUT2D eigenvalue weighted by Gasteiger charge is 2.44. The smallest absolute Gasteiger partial charge is 0.275 e. The molecule has 3 heterocycles. The molecule has 2 amide bonds. The molecule has 3 aromatic carbocycles. The molecule has 6 rings (SSSR count). The minimum absolute atomic E-state index is 0.111. The number of aromatic nitrogens is 2. The first-order valence-electron chi connectivity index (χ1n) is 11.8. The lowest BCUT2D eigenvalue weighted by Gasteiger charge is -2.39. The standard InChI is InChI=1S/C28H21F2N5O3/c1-28(27(37)35(2)20-8-3-4-9-21(20)38-28)15-10-12-16(13-11-15)32-25-23-19(14-31-26(23)36)33-24(34-25)22-17(29)6-5-7-18(22)30/h3-13H,14H2,1-2H3,(H,31,36)(H,32,33,34)/t28-/m1/s1. The number of anilines is 3. The van der Waals surface area contributed by atoms with Crippen LogP contribution >= 0.6 is 0 Å². The first-order chi connectivity index (χ1) is 18.3. The minimum Gasteiger partial charge on any atom is -0.471 e. The van der Waals surface area contributed by atoms with Crippen molar-refractivity contribution in [1.29, 1.82) is 0 Å². The van der Waals surface area contributed by atoms with Gasteiger partial charge in [0.25, 0.3) is 11.8 Å². The van der Waals surface area contributed by atoms with E-state index in [2.05, 4.69) is 20.6 Å². The van der Waals surface area contributed by atoms with Crippen LogP contribution in [-0.4, -0.2) is 28.8 Å². The van der Waals surface area contributed by atoms with Gasteiger partial charge < -0.3 is 20.3 Å². The van der Waals surface area contributed by atoms with Gasteiger partial charge >= 0.3 is 0 Å². The van der Waals surface area contributed by atoms with E-state index in [1.807, 2.05) is 24.3 Å². The van der Waals surface area contributed by atoms with Crippen LogP contribution in [0, 0.1) is 11.6 Å². The van der Waals surface area contributed by atoms with Gasteiger partial charge in [0.15, 0.2) is 5.82 Å². The topological polar surface area (TPSA) is 96.5 Å². The molecular weight excluding hydrogens is 492 g/mol. The Labute approximate surface area is 216 Å². The molecule has 2 N–H and O–H groups in total. The van der Waals surface area contributed by atoms with E-state index >= 15 is 0 Å². The number of nitrogens with zero attached hydrogens (tertiary/aromatic N) is 3. The van der Waals surface area contributed by atoms with Gasteiger partial charge in [-0.15, -0.1) is 0 Å². The number of hydrogen-bond donors (Lipinski definition) is 2. The van der Waals surface area contributed by atoms with E-state index in [4.69, 9.17) is 4.74 Å². The zero-order valence-electron chi connectivity index (χ0n) is 20.4. The average Bonchev–Trinajstić information content (AvgIpc) is 3.28. The number of ether oxygens (including phenoxy) is 1. The second-order valence-corrected chi connectivity index (χ2v) is 9.17. The van der Waals surface area contributed by atoms with Gasteiger partial charge in [0.2, 0.25) is 5.60 Å². The summed E-state index contributed by atoms with van der Waals surface area (Å²) in [5, 5.41) is 5.73. The molecule has 8 nitrogen and oxygen atoms in total. The van der Waals surface area contributed by atoms with Crippen molar-refractivity contribution in [3.8, 4) is 17.1 Å². The molecule has 4 aromatic rings. The van der Waals surface area contributed by atoms with E-state index in [0.29, 0.717) is 28.4 Å². The molecule has 2 aliphatic heterocycles. The van der Waals surface area contributed by atoms with Gasteiger partial charge in [0.05, 0.1) is 23.5 Å². The van der Waals surface area contributed by atoms with Crippen LogP contribution in [0.15, 0.2) is 66.7 Å². The molecule has 10 heteroatoms. The maximum absolute atomic E-state index is 14.5. The van der Waals surface area contributed by atoms with Crippen LogP contribution in [-0.2, 0) is 16.9 Å². The summed E-state index contributed by atoms with van der Waals surface area (Å²) in [5.41, 5.74) is 0.740. The van der Waals surface area contributed by atoms with Gasteiger partial charge in [-0.25, -0.2) is 18.7 Å². The number of nitrogens with one attached hydrogen (secondary N) is 2. The number of para-hydroxylation sites is 2. The number of benzene rings is 3. The van der Waals surface area contributed by atoms with E-state index in [-0.39, 0.29) is 35.2 Å². The second-order valence-electron chi connectivity index (χ2n) is 9.17. The molecule has 0 saturated heterocycles. The monoisotopic (exact) mass is 513 g/mol. The van der Waals surface area contributed by atoms with Gasteiger partial charge in [-0.1, -0.05) is 30.3 Å². The maximum atomic E-state index is 14.5. The molecule has 0 unspecified atom stereocenters. The van der Waals surface area contributed by atoms with E-state index in [1.165, 1.54) is 6.07 Å². The Morgan fingerprint density at radius 3 is 2.39 bits per heavy atom. The summed E-state index contributed by atoms with van der Waals surface area (Å²) in [6.07, 6.45) is 0. The Kier molecular flexibility index (Phi) is 5.34. The molecule has 0 aliphatic carbocycles. The van der Waals surface area contributed by atoms with Crippen molar-refractivity contribution in [3.63, 3.8) is 0 Å². The molecule has 1 aromatic heterocycles. The number of rotatable bonds is 4. The Morgan fingerprint density at radius 2 is 1.66 bits per heavy atom. The Morgan fingerprint density at radius 1 is 0.947 bits per heavy atom. The van der Waals surface area contributed by atoms with Crippen LogP contribution in [0.25, 0.3) is 11.4 Å². The van der Waals surface area contributed by atoms with Crippen molar-refractivity contribution in [1.82, 2.24) is 15.3 Å². The number of fused-ring (bicyclic) bond motifs is 2. The fourth-order valence-corrected chi connectivity index (χ4v) is 4.74. The number of hydrogen-bond acceptors (Lipinski definition) is 6. The van der Waals surface area contributed by atoms with E-state index in [0.717, 1.165) is 12.1 Å². The van der Waals surface area contributed by atoms with E-state index in [9.17, 15) is 18.4 Å². The molecule has 0 radical (unpaired) electrons. The van der Waals surface area contributed by atoms with Gasteiger partial charge in [-0.3, -0.25) is 9.59 Å². The summed E-state index contributed by atoms with van der Waals surface area (Å²) in [6, 6.07) is 17.7. The van der Waals surface area contributed by atoms with Crippen molar-refractivity contribution < 1.29 is 23.1 Å². The predicted molar refractivity (Wildman–Crippen MR) is 136 cm³/mol. The van der Waals surface area contributed by atoms with Crippen LogP contribution in [0.1, 0.15) is 28.5 Å². The summed E-state index contributed by atoms with van der Waals surface area (Å²) in [5.74, 6) is -1.71. The molecule has 0 spiro atoms. The van der Waals surface area contributed by atoms with Crippen molar-refractivity contribution in [2.45, 2.75) is 19.1 Å². The third-order valence-electron chi connectivity index (χ3n) is 6.77. The molecule has 2 aliphatic rings. The summed E-state index contributed by atoms with van der Waals surface area (Å²) >= 11 is 0. The fraction of sp³-hybridized carbons (Fsp3) is 0.143. The molecule has 38 heavy (non-hydrogen) atoms. The third kappa shape index (κ3) is 3.64. The van der Waals surface area contributed by atoms with Crippen molar-refractivity contribution >= 4 is 29.0 Å². The van der Waals surface area contributed by atoms with Gasteiger partial charge in [0.1, 0.15) is 28.8 Å². The van der Waals surface area contributed by atoms with Gasteiger partial charge in [-0.05, 0) is 43.3 Å². The predicted octanol–water partition coefficient (Wildman–Crippen LogP) is 4.68. The van der Waals surface area contributed by atoms with Crippen LogP contribution < -0.4 is 20.3 Å².